The number of likely N-dealkylation sites (N-methyl/N-ethyl adjacent to an activating group) is 1. The summed E-state index contributed by atoms with van der Waals surface area (Å²) in [6.45, 7) is 2.52. The highest BCUT2D eigenvalue weighted by atomic mass is 35.7. The largest absolute Gasteiger partial charge is 0.379 e. The molecule has 106 valence electrons. The number of halogens is 1. The summed E-state index contributed by atoms with van der Waals surface area (Å²) in [7, 11) is 2.91. The minimum absolute atomic E-state index is 0.0737. The average Bonchev–Trinajstić information content (AvgIpc) is 2.94. The molecule has 0 aliphatic carbocycles. The summed E-state index contributed by atoms with van der Waals surface area (Å²) in [5.74, 6) is -0.487. The van der Waals surface area contributed by atoms with Gasteiger partial charge in [-0.3, -0.25) is 9.89 Å². The third kappa shape index (κ3) is 2.75. The second kappa shape index (κ2) is 5.10. The Morgan fingerprint density at radius 1 is 1.58 bits per heavy atom. The lowest BCUT2D eigenvalue weighted by Gasteiger charge is -2.22. The van der Waals surface area contributed by atoms with Gasteiger partial charge in [-0.2, -0.15) is 5.10 Å². The van der Waals surface area contributed by atoms with Gasteiger partial charge in [-0.25, -0.2) is 8.42 Å². The van der Waals surface area contributed by atoms with E-state index in [4.69, 9.17) is 15.4 Å². The van der Waals surface area contributed by atoms with Gasteiger partial charge in [-0.05, 0) is 13.3 Å². The number of amides is 1. The molecule has 1 aromatic rings. The number of nitrogens with one attached hydrogen (secondary N) is 1. The third-order valence-electron chi connectivity index (χ3n) is 3.11. The van der Waals surface area contributed by atoms with Crippen molar-refractivity contribution >= 4 is 25.6 Å². The van der Waals surface area contributed by atoms with Gasteiger partial charge < -0.3 is 9.64 Å². The van der Waals surface area contributed by atoms with Crippen LogP contribution in [0.4, 0.5) is 0 Å². The zero-order valence-corrected chi connectivity index (χ0v) is 12.1. The van der Waals surface area contributed by atoms with E-state index in [1.807, 2.05) is 0 Å². The van der Waals surface area contributed by atoms with E-state index < -0.39 is 15.0 Å². The Bertz CT molecular complexity index is 592. The normalized spacial score (nSPS) is 19.6. The molecule has 19 heavy (non-hydrogen) atoms. The van der Waals surface area contributed by atoms with Gasteiger partial charge in [-0.15, -0.1) is 0 Å². The Balaban J connectivity index is 2.34. The van der Waals surface area contributed by atoms with Gasteiger partial charge in [0.25, 0.3) is 15.0 Å². The molecule has 0 bridgehead atoms. The first kappa shape index (κ1) is 14.3. The maximum Gasteiger partial charge on any atom is 0.275 e. The fourth-order valence-corrected chi connectivity index (χ4v) is 3.36. The molecule has 0 spiro atoms. The van der Waals surface area contributed by atoms with Crippen LogP contribution in [0.25, 0.3) is 0 Å². The standard InChI is InChI=1S/C10H14ClN3O4S/c1-6-9(19(11,16)17)8(13-12-6)10(15)14(2)7-3-4-18-5-7/h7H,3-5H2,1-2H3,(H,12,13). The summed E-state index contributed by atoms with van der Waals surface area (Å²) >= 11 is 0. The molecule has 7 nitrogen and oxygen atoms in total. The monoisotopic (exact) mass is 307 g/mol. The molecular weight excluding hydrogens is 294 g/mol. The van der Waals surface area contributed by atoms with Crippen LogP contribution in [0.2, 0.25) is 0 Å². The molecule has 0 radical (unpaired) electrons. The van der Waals surface area contributed by atoms with E-state index in [1.54, 1.807) is 7.05 Å². The number of hydrogen-bond acceptors (Lipinski definition) is 5. The lowest BCUT2D eigenvalue weighted by molar-refractivity contribution is 0.0701. The molecule has 9 heteroatoms. The molecule has 2 rings (SSSR count). The summed E-state index contributed by atoms with van der Waals surface area (Å²) < 4.78 is 28.2. The van der Waals surface area contributed by atoms with E-state index >= 15 is 0 Å². The minimum atomic E-state index is -4.02. The topological polar surface area (TPSA) is 92.4 Å². The average molecular weight is 308 g/mol. The summed E-state index contributed by atoms with van der Waals surface area (Å²) in [6, 6.07) is -0.0737. The van der Waals surface area contributed by atoms with Crippen molar-refractivity contribution in [3.8, 4) is 0 Å². The van der Waals surface area contributed by atoms with E-state index in [1.165, 1.54) is 11.8 Å². The van der Waals surface area contributed by atoms with Gasteiger partial charge >= 0.3 is 0 Å². The number of aryl methyl sites for hydroxylation is 1. The molecule has 1 unspecified atom stereocenters. The number of aromatic amines is 1. The molecule has 2 heterocycles. The van der Waals surface area contributed by atoms with Crippen molar-refractivity contribution in [3.63, 3.8) is 0 Å². The van der Waals surface area contributed by atoms with Gasteiger partial charge in [0.15, 0.2) is 5.69 Å². The van der Waals surface area contributed by atoms with E-state index in [-0.39, 0.29) is 22.3 Å². The number of aromatic nitrogens is 2. The molecular formula is C10H14ClN3O4S. The first-order chi connectivity index (χ1) is 8.82. The minimum Gasteiger partial charge on any atom is -0.379 e. The molecule has 0 saturated carbocycles. The maximum atomic E-state index is 12.3. The van der Waals surface area contributed by atoms with Crippen molar-refractivity contribution in [2.45, 2.75) is 24.3 Å². The summed E-state index contributed by atoms with van der Waals surface area (Å²) in [5.41, 5.74) is 0.0660. The summed E-state index contributed by atoms with van der Waals surface area (Å²) in [5, 5.41) is 6.23. The molecule has 1 aliphatic rings. The van der Waals surface area contributed by atoms with Crippen LogP contribution in [0.1, 0.15) is 22.6 Å². The lowest BCUT2D eigenvalue weighted by atomic mass is 10.2. The van der Waals surface area contributed by atoms with Crippen molar-refractivity contribution in [2.24, 2.45) is 0 Å². The summed E-state index contributed by atoms with van der Waals surface area (Å²) in [6.07, 6.45) is 0.717. The first-order valence-electron chi connectivity index (χ1n) is 5.67. The Morgan fingerprint density at radius 3 is 2.79 bits per heavy atom. The number of ether oxygens (including phenoxy) is 1. The molecule has 1 amide bonds. The molecule has 1 N–H and O–H groups in total. The molecule has 1 aliphatic heterocycles. The van der Waals surface area contributed by atoms with Crippen LogP contribution in [0, 0.1) is 6.92 Å². The van der Waals surface area contributed by atoms with Gasteiger partial charge in [0.2, 0.25) is 0 Å². The highest BCUT2D eigenvalue weighted by Crippen LogP contribution is 2.24. The van der Waals surface area contributed by atoms with Gasteiger partial charge in [-0.1, -0.05) is 0 Å². The third-order valence-corrected chi connectivity index (χ3v) is 4.56. The van der Waals surface area contributed by atoms with Gasteiger partial charge in [0, 0.05) is 24.3 Å². The van der Waals surface area contributed by atoms with Crippen LogP contribution in [0.3, 0.4) is 0 Å². The smallest absolute Gasteiger partial charge is 0.275 e. The second-order valence-electron chi connectivity index (χ2n) is 4.40. The zero-order valence-electron chi connectivity index (χ0n) is 10.5. The van der Waals surface area contributed by atoms with Crippen LogP contribution in [0.5, 0.6) is 0 Å². The van der Waals surface area contributed by atoms with Crippen LogP contribution in [-0.2, 0) is 13.8 Å². The predicted molar refractivity (Wildman–Crippen MR) is 67.7 cm³/mol. The maximum absolute atomic E-state index is 12.3. The Labute approximate surface area is 115 Å². The lowest BCUT2D eigenvalue weighted by Crippen LogP contribution is -2.38. The number of hydrogen-bond donors (Lipinski definition) is 1. The van der Waals surface area contributed by atoms with E-state index in [9.17, 15) is 13.2 Å². The summed E-state index contributed by atoms with van der Waals surface area (Å²) in [4.78, 5) is 13.5. The van der Waals surface area contributed by atoms with E-state index in [2.05, 4.69) is 10.2 Å². The zero-order chi connectivity index (χ0) is 14.2. The highest BCUT2D eigenvalue weighted by molar-refractivity contribution is 8.13. The van der Waals surface area contributed by atoms with Crippen molar-refractivity contribution in [1.29, 1.82) is 0 Å². The number of H-pyrrole nitrogens is 1. The fraction of sp³-hybridized carbons (Fsp3) is 0.600. The van der Waals surface area contributed by atoms with Crippen molar-refractivity contribution in [3.05, 3.63) is 11.4 Å². The van der Waals surface area contributed by atoms with Gasteiger partial charge in [0.05, 0.1) is 18.3 Å². The van der Waals surface area contributed by atoms with Gasteiger partial charge in [0.1, 0.15) is 4.90 Å². The van der Waals surface area contributed by atoms with Crippen molar-refractivity contribution in [2.75, 3.05) is 20.3 Å². The Morgan fingerprint density at radius 2 is 2.26 bits per heavy atom. The molecule has 1 saturated heterocycles. The van der Waals surface area contributed by atoms with Crippen LogP contribution >= 0.6 is 10.7 Å². The number of carbonyl (C=O) groups excluding carboxylic acids is 1. The molecule has 0 aromatic carbocycles. The van der Waals surface area contributed by atoms with E-state index in [0.717, 1.165) is 0 Å². The Kier molecular flexibility index (Phi) is 3.84. The molecule has 1 fully saturated rings. The Hall–Kier alpha value is -1.12. The van der Waals surface area contributed by atoms with Crippen molar-refractivity contribution < 1.29 is 17.9 Å². The second-order valence-corrected chi connectivity index (χ2v) is 6.90. The number of rotatable bonds is 3. The highest BCUT2D eigenvalue weighted by Gasteiger charge is 2.32. The predicted octanol–water partition coefficient (Wildman–Crippen LogP) is 0.507. The molecule has 1 atom stereocenters. The van der Waals surface area contributed by atoms with Crippen LogP contribution in [-0.4, -0.2) is 55.7 Å². The van der Waals surface area contributed by atoms with Crippen LogP contribution < -0.4 is 0 Å². The van der Waals surface area contributed by atoms with Crippen LogP contribution in [0.15, 0.2) is 4.90 Å². The first-order valence-corrected chi connectivity index (χ1v) is 7.98. The SMILES string of the molecule is Cc1[nH]nc(C(=O)N(C)C2CCOC2)c1S(=O)(=O)Cl. The number of nitrogens with zero attached hydrogens (tertiary/aromatic N) is 2. The van der Waals surface area contributed by atoms with Crippen molar-refractivity contribution in [1.82, 2.24) is 15.1 Å². The van der Waals surface area contributed by atoms with E-state index in [0.29, 0.717) is 19.6 Å². The molecule has 1 aromatic heterocycles. The quantitative estimate of drug-likeness (QED) is 0.821. The fourth-order valence-electron chi connectivity index (χ4n) is 2.02. The number of carbonyl (C=O) groups is 1.